The number of likely N-dealkylation sites (tertiary alicyclic amines) is 1. The average molecular weight is 467 g/mol. The molecular formula is C22H22N6O2S2. The van der Waals surface area contributed by atoms with E-state index in [1.54, 1.807) is 17.0 Å². The average Bonchev–Trinajstić information content (AvgIpc) is 3.46. The number of hydrogen-bond donors (Lipinski definition) is 2. The van der Waals surface area contributed by atoms with Gasteiger partial charge in [-0.2, -0.15) is 5.26 Å². The number of hydrogen-bond acceptors (Lipinski definition) is 8. The first-order chi connectivity index (χ1) is 15.5. The third-order valence-corrected chi connectivity index (χ3v) is 7.26. The van der Waals surface area contributed by atoms with E-state index in [1.807, 2.05) is 24.4 Å². The van der Waals surface area contributed by atoms with Gasteiger partial charge in [0.05, 0.1) is 36.0 Å². The summed E-state index contributed by atoms with van der Waals surface area (Å²) in [5.74, 6) is -0.485. The molecule has 1 aliphatic rings. The van der Waals surface area contributed by atoms with Gasteiger partial charge in [0.2, 0.25) is 5.91 Å². The van der Waals surface area contributed by atoms with E-state index in [4.69, 9.17) is 11.0 Å². The summed E-state index contributed by atoms with van der Waals surface area (Å²) < 4.78 is 0. The summed E-state index contributed by atoms with van der Waals surface area (Å²) in [6, 6.07) is 9.13. The molecule has 3 aromatic rings. The third kappa shape index (κ3) is 4.64. The Bertz CT molecular complexity index is 1160. The number of nitrogens with zero attached hydrogens (tertiary/aromatic N) is 4. The Hall–Kier alpha value is -3.29. The molecule has 1 aliphatic heterocycles. The highest BCUT2D eigenvalue weighted by atomic mass is 32.1. The van der Waals surface area contributed by atoms with Gasteiger partial charge in [0.1, 0.15) is 9.88 Å². The van der Waals surface area contributed by atoms with Crippen LogP contribution < -0.4 is 11.1 Å². The number of benzene rings is 1. The molecular weight excluding hydrogens is 444 g/mol. The number of carbonyl (C=O) groups is 2. The number of amides is 2. The van der Waals surface area contributed by atoms with Gasteiger partial charge < -0.3 is 16.0 Å². The monoisotopic (exact) mass is 466 g/mol. The van der Waals surface area contributed by atoms with Gasteiger partial charge in [-0.3, -0.25) is 9.59 Å². The predicted molar refractivity (Wildman–Crippen MR) is 124 cm³/mol. The maximum Gasteiger partial charge on any atom is 0.265 e. The number of piperidine rings is 1. The quantitative estimate of drug-likeness (QED) is 0.594. The molecule has 1 aromatic carbocycles. The standard InChI is InChI=1S/C22H22N6O2S2/c1-13-16(3-2-8-28(13)21(30)18-10-26-22(24)32-18)20(29)25-11-19-27-17(12-31-19)15-6-4-14(9-23)5-7-15/h4-7,10,12-13,16H,2-3,8,11H2,1H3,(H2,24,26)(H,25,29)/t13-,16-/m0/s1. The van der Waals surface area contributed by atoms with Crippen molar-refractivity contribution in [2.24, 2.45) is 5.92 Å². The molecule has 0 unspecified atom stereocenters. The molecule has 3 heterocycles. The van der Waals surface area contributed by atoms with Crippen LogP contribution in [0.3, 0.4) is 0 Å². The van der Waals surface area contributed by atoms with Gasteiger partial charge in [-0.05, 0) is 31.9 Å². The van der Waals surface area contributed by atoms with Crippen molar-refractivity contribution >= 4 is 39.6 Å². The van der Waals surface area contributed by atoms with Gasteiger partial charge in [-0.1, -0.05) is 23.5 Å². The van der Waals surface area contributed by atoms with Crippen molar-refractivity contribution in [2.45, 2.75) is 32.4 Å². The van der Waals surface area contributed by atoms with Crippen molar-refractivity contribution in [1.29, 1.82) is 5.26 Å². The zero-order chi connectivity index (χ0) is 22.7. The van der Waals surface area contributed by atoms with Gasteiger partial charge in [-0.15, -0.1) is 11.3 Å². The molecule has 0 spiro atoms. The maximum atomic E-state index is 12.9. The van der Waals surface area contributed by atoms with Crippen LogP contribution in [0.4, 0.5) is 5.13 Å². The molecule has 0 radical (unpaired) electrons. The Morgan fingerprint density at radius 3 is 2.81 bits per heavy atom. The molecule has 2 aromatic heterocycles. The topological polar surface area (TPSA) is 125 Å². The zero-order valence-electron chi connectivity index (χ0n) is 17.4. The Kier molecular flexibility index (Phi) is 6.48. The van der Waals surface area contributed by atoms with Crippen molar-refractivity contribution in [1.82, 2.24) is 20.2 Å². The number of anilines is 1. The van der Waals surface area contributed by atoms with Crippen LogP contribution in [0.1, 0.15) is 40.0 Å². The molecule has 2 amide bonds. The Balaban J connectivity index is 1.37. The smallest absolute Gasteiger partial charge is 0.265 e. The maximum absolute atomic E-state index is 12.9. The van der Waals surface area contributed by atoms with Crippen LogP contribution in [0.5, 0.6) is 0 Å². The predicted octanol–water partition coefficient (Wildman–Crippen LogP) is 3.28. The third-order valence-electron chi connectivity index (χ3n) is 5.60. The number of thiazole rings is 2. The lowest BCUT2D eigenvalue weighted by molar-refractivity contribution is -0.128. The Morgan fingerprint density at radius 2 is 2.12 bits per heavy atom. The van der Waals surface area contributed by atoms with Gasteiger partial charge >= 0.3 is 0 Å². The second-order valence-corrected chi connectivity index (χ2v) is 9.59. The van der Waals surface area contributed by atoms with Gasteiger partial charge in [0.25, 0.3) is 5.91 Å². The van der Waals surface area contributed by atoms with Crippen molar-refractivity contribution in [3.8, 4) is 17.3 Å². The summed E-state index contributed by atoms with van der Waals surface area (Å²) in [4.78, 5) is 36.5. The molecule has 4 rings (SSSR count). The van der Waals surface area contributed by atoms with Crippen LogP contribution in [-0.4, -0.2) is 39.3 Å². The van der Waals surface area contributed by atoms with Crippen LogP contribution >= 0.6 is 22.7 Å². The fraction of sp³-hybridized carbons (Fsp3) is 0.318. The lowest BCUT2D eigenvalue weighted by atomic mass is 9.89. The Labute approximate surface area is 193 Å². The summed E-state index contributed by atoms with van der Waals surface area (Å²) in [5, 5.41) is 15.0. The first-order valence-electron chi connectivity index (χ1n) is 10.2. The first-order valence-corrected chi connectivity index (χ1v) is 11.9. The highest BCUT2D eigenvalue weighted by Gasteiger charge is 2.36. The van der Waals surface area contributed by atoms with Gasteiger partial charge in [0.15, 0.2) is 5.13 Å². The molecule has 1 saturated heterocycles. The summed E-state index contributed by atoms with van der Waals surface area (Å²) in [5.41, 5.74) is 8.00. The number of nitrogens with two attached hydrogens (primary N) is 1. The molecule has 32 heavy (non-hydrogen) atoms. The highest BCUT2D eigenvalue weighted by Crippen LogP contribution is 2.28. The molecule has 1 fully saturated rings. The second kappa shape index (κ2) is 9.46. The van der Waals surface area contributed by atoms with E-state index in [-0.39, 0.29) is 23.8 Å². The largest absolute Gasteiger partial charge is 0.375 e. The number of nitrogens with one attached hydrogen (secondary N) is 1. The molecule has 0 saturated carbocycles. The van der Waals surface area contributed by atoms with Crippen LogP contribution in [0.15, 0.2) is 35.8 Å². The van der Waals surface area contributed by atoms with Gasteiger partial charge in [-0.25, -0.2) is 9.97 Å². The summed E-state index contributed by atoms with van der Waals surface area (Å²) in [7, 11) is 0. The lowest BCUT2D eigenvalue weighted by Crippen LogP contribution is -2.51. The normalized spacial score (nSPS) is 18.2. The summed E-state index contributed by atoms with van der Waals surface area (Å²) in [6.45, 7) is 2.86. The molecule has 164 valence electrons. The van der Waals surface area contributed by atoms with E-state index >= 15 is 0 Å². The second-order valence-electron chi connectivity index (χ2n) is 7.58. The van der Waals surface area contributed by atoms with E-state index < -0.39 is 0 Å². The zero-order valence-corrected chi connectivity index (χ0v) is 19.1. The first kappa shape index (κ1) is 21.9. The molecule has 10 heteroatoms. The van der Waals surface area contributed by atoms with Crippen molar-refractivity contribution in [3.05, 3.63) is 51.3 Å². The fourth-order valence-electron chi connectivity index (χ4n) is 3.84. The fourth-order valence-corrected chi connectivity index (χ4v) is 5.23. The lowest BCUT2D eigenvalue weighted by Gasteiger charge is -2.38. The van der Waals surface area contributed by atoms with Crippen LogP contribution in [0.2, 0.25) is 0 Å². The number of nitriles is 1. The molecule has 2 atom stereocenters. The molecule has 8 nitrogen and oxygen atoms in total. The van der Waals surface area contributed by atoms with Crippen LogP contribution in [0.25, 0.3) is 11.3 Å². The molecule has 3 N–H and O–H groups in total. The number of rotatable bonds is 5. The SMILES string of the molecule is C[C@H]1[C@@H](C(=O)NCc2nc(-c3ccc(C#N)cc3)cs2)CCCN1C(=O)c1cnc(N)s1. The number of nitrogen functional groups attached to an aromatic ring is 1. The van der Waals surface area contributed by atoms with Gasteiger partial charge in [0, 0.05) is 23.5 Å². The highest BCUT2D eigenvalue weighted by molar-refractivity contribution is 7.17. The number of carbonyl (C=O) groups excluding carboxylic acids is 2. The minimum absolute atomic E-state index is 0.0751. The van der Waals surface area contributed by atoms with Crippen molar-refractivity contribution in [2.75, 3.05) is 12.3 Å². The van der Waals surface area contributed by atoms with Crippen LogP contribution in [0, 0.1) is 17.2 Å². The van der Waals surface area contributed by atoms with E-state index in [1.165, 1.54) is 17.5 Å². The van der Waals surface area contributed by atoms with E-state index in [2.05, 4.69) is 21.4 Å². The van der Waals surface area contributed by atoms with E-state index in [0.29, 0.717) is 28.7 Å². The van der Waals surface area contributed by atoms with Crippen molar-refractivity contribution in [3.63, 3.8) is 0 Å². The summed E-state index contributed by atoms with van der Waals surface area (Å²) >= 11 is 2.64. The minimum Gasteiger partial charge on any atom is -0.375 e. The summed E-state index contributed by atoms with van der Waals surface area (Å²) in [6.07, 6.45) is 2.99. The van der Waals surface area contributed by atoms with Crippen LogP contribution in [-0.2, 0) is 11.3 Å². The van der Waals surface area contributed by atoms with E-state index in [0.717, 1.165) is 40.4 Å². The number of aromatic nitrogens is 2. The van der Waals surface area contributed by atoms with Crippen molar-refractivity contribution < 1.29 is 9.59 Å². The molecule has 0 bridgehead atoms. The molecule has 0 aliphatic carbocycles. The Morgan fingerprint density at radius 1 is 1.34 bits per heavy atom. The minimum atomic E-state index is -0.282. The van der Waals surface area contributed by atoms with E-state index in [9.17, 15) is 9.59 Å².